The summed E-state index contributed by atoms with van der Waals surface area (Å²) >= 11 is 0. The molecule has 0 fully saturated rings. The molecule has 2 heterocycles. The van der Waals surface area contributed by atoms with Crippen LogP contribution in [0.5, 0.6) is 11.5 Å². The molecule has 8 heteroatoms. The van der Waals surface area contributed by atoms with Gasteiger partial charge in [0.15, 0.2) is 17.3 Å². The Morgan fingerprint density at radius 2 is 2.28 bits per heavy atom. The Bertz CT molecular complexity index is 786. The summed E-state index contributed by atoms with van der Waals surface area (Å²) in [4.78, 5) is 23.1. The number of nitrogens with zero attached hydrogens (tertiary/aromatic N) is 2. The average molecular weight is 345 g/mol. The van der Waals surface area contributed by atoms with Gasteiger partial charge in [0, 0.05) is 12.3 Å². The molecule has 2 aromatic rings. The van der Waals surface area contributed by atoms with Crippen LogP contribution in [0.4, 0.5) is 5.82 Å². The molecule has 25 heavy (non-hydrogen) atoms. The molecular weight excluding hydrogens is 326 g/mol. The highest BCUT2D eigenvalue weighted by Crippen LogP contribution is 2.36. The van der Waals surface area contributed by atoms with Crippen molar-refractivity contribution in [3.8, 4) is 11.5 Å². The molecule has 8 nitrogen and oxygen atoms in total. The molecule has 1 aliphatic heterocycles. The second kappa shape index (κ2) is 7.25. The molecule has 0 saturated carbocycles. The molecule has 3 rings (SSSR count). The van der Waals surface area contributed by atoms with Crippen LogP contribution in [-0.4, -0.2) is 40.0 Å². The van der Waals surface area contributed by atoms with Crippen LogP contribution < -0.4 is 14.8 Å². The van der Waals surface area contributed by atoms with E-state index in [0.29, 0.717) is 30.3 Å². The molecule has 0 spiro atoms. The zero-order valence-corrected chi connectivity index (χ0v) is 13.8. The Morgan fingerprint density at radius 1 is 1.44 bits per heavy atom. The van der Waals surface area contributed by atoms with Crippen LogP contribution in [0.15, 0.2) is 30.5 Å². The van der Waals surface area contributed by atoms with Crippen molar-refractivity contribution in [2.75, 3.05) is 18.5 Å². The Balaban J connectivity index is 1.65. The van der Waals surface area contributed by atoms with E-state index in [4.69, 9.17) is 14.6 Å². The van der Waals surface area contributed by atoms with Crippen molar-refractivity contribution in [2.45, 2.75) is 19.9 Å². The monoisotopic (exact) mass is 345 g/mol. The first kappa shape index (κ1) is 16.8. The first-order valence-electron chi connectivity index (χ1n) is 8.00. The van der Waals surface area contributed by atoms with Gasteiger partial charge >= 0.3 is 5.97 Å². The summed E-state index contributed by atoms with van der Waals surface area (Å²) in [5.74, 6) is 0.135. The average Bonchev–Trinajstić information content (AvgIpc) is 3.01. The summed E-state index contributed by atoms with van der Waals surface area (Å²) in [6.07, 6.45) is 2.04. The van der Waals surface area contributed by atoms with Crippen molar-refractivity contribution in [3.05, 3.63) is 36.0 Å². The largest absolute Gasteiger partial charge is 0.490 e. The number of carbonyl (C=O) groups is 2. The first-order chi connectivity index (χ1) is 12.1. The van der Waals surface area contributed by atoms with Crippen molar-refractivity contribution < 1.29 is 24.2 Å². The number of nitrogens with one attached hydrogen (secondary N) is 1. The second-order valence-electron chi connectivity index (χ2n) is 5.67. The fourth-order valence-electron chi connectivity index (χ4n) is 2.71. The third kappa shape index (κ3) is 3.90. The highest BCUT2D eigenvalue weighted by molar-refractivity contribution is 5.92. The van der Waals surface area contributed by atoms with Gasteiger partial charge in [-0.3, -0.25) is 14.3 Å². The van der Waals surface area contributed by atoms with E-state index in [0.717, 1.165) is 5.56 Å². The number of carboxylic acids is 1. The number of aliphatic carboxylic acids is 1. The van der Waals surface area contributed by atoms with E-state index >= 15 is 0 Å². The van der Waals surface area contributed by atoms with Crippen molar-refractivity contribution in [1.82, 2.24) is 9.78 Å². The number of carboxylic acid groups (broad SMARTS) is 1. The minimum atomic E-state index is -0.997. The Labute approximate surface area is 144 Å². The highest BCUT2D eigenvalue weighted by atomic mass is 16.5. The van der Waals surface area contributed by atoms with Crippen LogP contribution in [0.25, 0.3) is 0 Å². The lowest BCUT2D eigenvalue weighted by Gasteiger charge is -2.25. The molecule has 0 bridgehead atoms. The summed E-state index contributed by atoms with van der Waals surface area (Å²) in [7, 11) is 0. The zero-order valence-electron chi connectivity index (χ0n) is 13.8. The summed E-state index contributed by atoms with van der Waals surface area (Å²) < 4.78 is 12.5. The van der Waals surface area contributed by atoms with E-state index < -0.39 is 5.97 Å². The molecule has 0 radical (unpaired) electrons. The third-order valence-corrected chi connectivity index (χ3v) is 3.82. The van der Waals surface area contributed by atoms with Crippen LogP contribution in [0.2, 0.25) is 0 Å². The van der Waals surface area contributed by atoms with Crippen molar-refractivity contribution >= 4 is 17.7 Å². The Hall–Kier alpha value is -3.03. The number of amides is 1. The fraction of sp³-hybridized carbons (Fsp3) is 0.353. The van der Waals surface area contributed by atoms with Gasteiger partial charge in [-0.05, 0) is 25.0 Å². The number of benzene rings is 1. The SMILES string of the molecule is CCOc1cccc2c1OC[C@H](C(=O)Nc1ccn(CC(=O)O)n1)C2. The smallest absolute Gasteiger partial charge is 0.325 e. The first-order valence-corrected chi connectivity index (χ1v) is 8.00. The van der Waals surface area contributed by atoms with Crippen molar-refractivity contribution in [1.29, 1.82) is 0 Å². The lowest BCUT2D eigenvalue weighted by Crippen LogP contribution is -2.33. The van der Waals surface area contributed by atoms with E-state index in [-0.39, 0.29) is 25.0 Å². The number of fused-ring (bicyclic) bond motifs is 1. The number of anilines is 1. The summed E-state index contributed by atoms with van der Waals surface area (Å²) in [5, 5.41) is 15.5. The third-order valence-electron chi connectivity index (χ3n) is 3.82. The highest BCUT2D eigenvalue weighted by Gasteiger charge is 2.28. The van der Waals surface area contributed by atoms with Gasteiger partial charge in [0.05, 0.1) is 12.5 Å². The van der Waals surface area contributed by atoms with Crippen LogP contribution in [-0.2, 0) is 22.6 Å². The number of hydrogen-bond donors (Lipinski definition) is 2. The molecule has 1 atom stereocenters. The number of rotatable bonds is 6. The minimum absolute atomic E-state index is 0.215. The standard InChI is InChI=1S/C17H19N3O5/c1-2-24-13-5-3-4-11-8-12(10-25-16(11)13)17(23)18-14-6-7-20(19-14)9-15(21)22/h3-7,12H,2,8-10H2,1H3,(H,21,22)(H,18,19,23)/t12-/m1/s1. The molecule has 132 valence electrons. The van der Waals surface area contributed by atoms with Gasteiger partial charge in [-0.25, -0.2) is 0 Å². The van der Waals surface area contributed by atoms with Gasteiger partial charge in [-0.15, -0.1) is 0 Å². The van der Waals surface area contributed by atoms with E-state index in [9.17, 15) is 9.59 Å². The molecule has 0 unspecified atom stereocenters. The maximum absolute atomic E-state index is 12.4. The maximum atomic E-state index is 12.4. The summed E-state index contributed by atoms with van der Waals surface area (Å²) in [5.41, 5.74) is 0.925. The number of aromatic nitrogens is 2. The van der Waals surface area contributed by atoms with Gasteiger partial charge in [0.2, 0.25) is 5.91 Å². The van der Waals surface area contributed by atoms with Gasteiger partial charge in [0.25, 0.3) is 0 Å². The van der Waals surface area contributed by atoms with E-state index in [1.54, 1.807) is 6.07 Å². The Kier molecular flexibility index (Phi) is 4.87. The topological polar surface area (TPSA) is 103 Å². The number of ether oxygens (including phenoxy) is 2. The molecule has 1 aromatic carbocycles. The van der Waals surface area contributed by atoms with Gasteiger partial charge in [-0.2, -0.15) is 5.10 Å². The van der Waals surface area contributed by atoms with Crippen LogP contribution in [0.3, 0.4) is 0 Å². The number of para-hydroxylation sites is 1. The quantitative estimate of drug-likeness (QED) is 0.823. The molecule has 0 saturated heterocycles. The zero-order chi connectivity index (χ0) is 17.8. The summed E-state index contributed by atoms with van der Waals surface area (Å²) in [6, 6.07) is 7.20. The predicted octanol–water partition coefficient (Wildman–Crippen LogP) is 1.56. The normalized spacial score (nSPS) is 15.8. The summed E-state index contributed by atoms with van der Waals surface area (Å²) in [6.45, 7) is 2.44. The minimum Gasteiger partial charge on any atom is -0.490 e. The van der Waals surface area contributed by atoms with Crippen LogP contribution in [0.1, 0.15) is 12.5 Å². The second-order valence-corrected chi connectivity index (χ2v) is 5.67. The van der Waals surface area contributed by atoms with Crippen LogP contribution in [0, 0.1) is 5.92 Å². The molecule has 1 amide bonds. The lowest BCUT2D eigenvalue weighted by molar-refractivity contribution is -0.137. The molecule has 1 aromatic heterocycles. The molecule has 1 aliphatic rings. The van der Waals surface area contributed by atoms with Crippen molar-refractivity contribution in [3.63, 3.8) is 0 Å². The van der Waals surface area contributed by atoms with Gasteiger partial charge in [-0.1, -0.05) is 12.1 Å². The van der Waals surface area contributed by atoms with Gasteiger partial charge in [0.1, 0.15) is 13.2 Å². The lowest BCUT2D eigenvalue weighted by atomic mass is 9.95. The maximum Gasteiger partial charge on any atom is 0.325 e. The predicted molar refractivity (Wildman–Crippen MR) is 88.8 cm³/mol. The van der Waals surface area contributed by atoms with E-state index in [2.05, 4.69) is 10.4 Å². The van der Waals surface area contributed by atoms with Crippen LogP contribution >= 0.6 is 0 Å². The molecule has 2 N–H and O–H groups in total. The van der Waals surface area contributed by atoms with E-state index in [1.165, 1.54) is 10.9 Å². The number of carbonyl (C=O) groups excluding carboxylic acids is 1. The Morgan fingerprint density at radius 3 is 3.04 bits per heavy atom. The van der Waals surface area contributed by atoms with Crippen molar-refractivity contribution in [2.24, 2.45) is 5.92 Å². The van der Waals surface area contributed by atoms with Gasteiger partial charge < -0.3 is 19.9 Å². The molecule has 0 aliphatic carbocycles. The van der Waals surface area contributed by atoms with E-state index in [1.807, 2.05) is 25.1 Å². The molecular formula is C17H19N3O5. The number of hydrogen-bond acceptors (Lipinski definition) is 5. The fourth-order valence-corrected chi connectivity index (χ4v) is 2.71.